The van der Waals surface area contributed by atoms with Crippen molar-refractivity contribution in [1.29, 1.82) is 0 Å². The fourth-order valence-corrected chi connectivity index (χ4v) is 8.58. The highest BCUT2D eigenvalue weighted by molar-refractivity contribution is 5.25. The molecule has 0 bridgehead atoms. The summed E-state index contributed by atoms with van der Waals surface area (Å²) >= 11 is 0. The molecule has 0 unspecified atom stereocenters. The normalized spacial score (nSPS) is 41.2. The van der Waals surface area contributed by atoms with E-state index in [2.05, 4.69) is 40.7 Å². The first-order valence-electron chi connectivity index (χ1n) is 14.1. The van der Waals surface area contributed by atoms with Gasteiger partial charge in [0.2, 0.25) is 0 Å². The second kappa shape index (κ2) is 10.1. The van der Waals surface area contributed by atoms with Crippen molar-refractivity contribution in [2.45, 2.75) is 117 Å². The lowest BCUT2D eigenvalue weighted by molar-refractivity contribution is -0.137. The second-order valence-electron chi connectivity index (χ2n) is 13.3. The average Bonchev–Trinajstić information content (AvgIpc) is 3.17. The van der Waals surface area contributed by atoms with E-state index in [1.807, 2.05) is 7.11 Å². The largest absolute Gasteiger partial charge is 0.393 e. The molecule has 0 spiro atoms. The van der Waals surface area contributed by atoms with E-state index in [0.29, 0.717) is 30.0 Å². The van der Waals surface area contributed by atoms with Crippen LogP contribution in [0.4, 0.5) is 0 Å². The number of aliphatic hydroxyl groups is 1. The summed E-state index contributed by atoms with van der Waals surface area (Å²) in [6, 6.07) is 0. The van der Waals surface area contributed by atoms with Crippen molar-refractivity contribution in [2.24, 2.45) is 40.4 Å². The highest BCUT2D eigenvalue weighted by Gasteiger charge is 2.64. The number of ether oxygens (including phenoxy) is 3. The van der Waals surface area contributed by atoms with E-state index >= 15 is 0 Å². The van der Waals surface area contributed by atoms with Crippen molar-refractivity contribution in [1.82, 2.24) is 0 Å². The number of fused-ring (bicyclic) bond motifs is 2. The molecule has 0 radical (unpaired) electrons. The van der Waals surface area contributed by atoms with Crippen LogP contribution >= 0.6 is 0 Å². The first-order valence-corrected chi connectivity index (χ1v) is 14.1. The van der Waals surface area contributed by atoms with E-state index in [1.54, 1.807) is 12.7 Å². The Morgan fingerprint density at radius 3 is 2.56 bits per heavy atom. The van der Waals surface area contributed by atoms with Crippen LogP contribution in [0.25, 0.3) is 0 Å². The standard InChI is InChI=1S/C30H52O4/c1-20(10-11-21(2)28(3,4)34-19-32-6)25-12-13-26-22(9-8-14-29(25,26)5)15-27(33-7)30-17-23(30)16-24(31)18-30/h15,20-21,23-27,31H,8-14,16-19H2,1-7H3/b22-15+/t20-,21+,23+,24+,25-,26+,27-,29-,30+/m1/s1. The van der Waals surface area contributed by atoms with Gasteiger partial charge >= 0.3 is 0 Å². The van der Waals surface area contributed by atoms with Gasteiger partial charge in [-0.25, -0.2) is 0 Å². The number of hydrogen-bond donors (Lipinski definition) is 1. The molecule has 4 rings (SSSR count). The van der Waals surface area contributed by atoms with E-state index in [-0.39, 0.29) is 23.2 Å². The molecule has 9 atom stereocenters. The Morgan fingerprint density at radius 1 is 1.15 bits per heavy atom. The van der Waals surface area contributed by atoms with Crippen molar-refractivity contribution >= 4 is 0 Å². The van der Waals surface area contributed by atoms with Gasteiger partial charge in [-0.2, -0.15) is 0 Å². The molecule has 4 aliphatic rings. The molecule has 0 aromatic rings. The summed E-state index contributed by atoms with van der Waals surface area (Å²) in [6.45, 7) is 12.2. The first kappa shape index (κ1) is 26.6. The molecule has 196 valence electrons. The third kappa shape index (κ3) is 4.91. The molecule has 4 fully saturated rings. The SMILES string of the molecule is COCOC(C)(C)[C@@H](C)CC[C@@H](C)[C@H]1CC[C@H]2/C(=C/[C@@H](OC)[C@@]34C[C@@H](O)C[C@H]3C4)CCC[C@]12C. The lowest BCUT2D eigenvalue weighted by atomic mass is 9.60. The van der Waals surface area contributed by atoms with Gasteiger partial charge in [0.25, 0.3) is 0 Å². The fourth-order valence-electron chi connectivity index (χ4n) is 8.58. The Balaban J connectivity index is 1.40. The van der Waals surface area contributed by atoms with Gasteiger partial charge in [-0.05, 0) is 107 Å². The van der Waals surface area contributed by atoms with Crippen LogP contribution in [0.2, 0.25) is 0 Å². The third-order valence-corrected chi connectivity index (χ3v) is 11.2. The van der Waals surface area contributed by atoms with Crippen molar-refractivity contribution in [2.75, 3.05) is 21.0 Å². The van der Waals surface area contributed by atoms with Crippen LogP contribution in [0.15, 0.2) is 11.6 Å². The zero-order valence-corrected chi connectivity index (χ0v) is 23.1. The van der Waals surface area contributed by atoms with Crippen LogP contribution in [-0.2, 0) is 14.2 Å². The van der Waals surface area contributed by atoms with E-state index in [0.717, 1.165) is 24.7 Å². The van der Waals surface area contributed by atoms with Gasteiger partial charge in [-0.1, -0.05) is 38.8 Å². The number of rotatable bonds is 11. The van der Waals surface area contributed by atoms with E-state index in [9.17, 15) is 5.11 Å². The molecular weight excluding hydrogens is 424 g/mol. The minimum Gasteiger partial charge on any atom is -0.393 e. The van der Waals surface area contributed by atoms with Gasteiger partial charge in [0.1, 0.15) is 6.79 Å². The Labute approximate surface area is 209 Å². The summed E-state index contributed by atoms with van der Waals surface area (Å²) in [5.74, 6) is 3.44. The summed E-state index contributed by atoms with van der Waals surface area (Å²) in [4.78, 5) is 0. The first-order chi connectivity index (χ1) is 16.1. The quantitative estimate of drug-likeness (QED) is 0.264. The minimum absolute atomic E-state index is 0.115. The number of aliphatic hydroxyl groups excluding tert-OH is 1. The third-order valence-electron chi connectivity index (χ3n) is 11.2. The number of methoxy groups -OCH3 is 2. The highest BCUT2D eigenvalue weighted by Crippen LogP contribution is 2.67. The Bertz CT molecular complexity index is 731. The van der Waals surface area contributed by atoms with Gasteiger partial charge in [0.05, 0.1) is 17.8 Å². The topological polar surface area (TPSA) is 47.9 Å². The Hall–Kier alpha value is -0.420. The van der Waals surface area contributed by atoms with Gasteiger partial charge in [0.15, 0.2) is 0 Å². The maximum absolute atomic E-state index is 10.2. The molecule has 0 saturated heterocycles. The molecule has 4 nitrogen and oxygen atoms in total. The fraction of sp³-hybridized carbons (Fsp3) is 0.933. The summed E-state index contributed by atoms with van der Waals surface area (Å²) < 4.78 is 17.2. The highest BCUT2D eigenvalue weighted by atomic mass is 16.7. The summed E-state index contributed by atoms with van der Waals surface area (Å²) in [7, 11) is 3.58. The number of hydrogen-bond acceptors (Lipinski definition) is 4. The maximum atomic E-state index is 10.2. The zero-order valence-electron chi connectivity index (χ0n) is 23.1. The molecular formula is C30H52O4. The molecule has 34 heavy (non-hydrogen) atoms. The maximum Gasteiger partial charge on any atom is 0.147 e. The minimum atomic E-state index is -0.151. The molecule has 1 N–H and O–H groups in total. The molecule has 4 heteroatoms. The second-order valence-corrected chi connectivity index (χ2v) is 13.3. The van der Waals surface area contributed by atoms with Gasteiger partial charge in [-0.3, -0.25) is 0 Å². The predicted molar refractivity (Wildman–Crippen MR) is 137 cm³/mol. The van der Waals surface area contributed by atoms with Crippen LogP contribution in [-0.4, -0.2) is 43.9 Å². The van der Waals surface area contributed by atoms with Crippen LogP contribution in [0.5, 0.6) is 0 Å². The van der Waals surface area contributed by atoms with Crippen LogP contribution in [0, 0.1) is 40.4 Å². The van der Waals surface area contributed by atoms with E-state index in [1.165, 1.54) is 51.4 Å². The molecule has 0 aliphatic heterocycles. The van der Waals surface area contributed by atoms with Crippen molar-refractivity contribution in [3.63, 3.8) is 0 Å². The number of allylic oxidation sites excluding steroid dienone is 1. The van der Waals surface area contributed by atoms with Gasteiger partial charge in [-0.15, -0.1) is 0 Å². The predicted octanol–water partition coefficient (Wildman–Crippen LogP) is 6.76. The Morgan fingerprint density at radius 2 is 1.91 bits per heavy atom. The smallest absolute Gasteiger partial charge is 0.147 e. The van der Waals surface area contributed by atoms with Crippen LogP contribution in [0.1, 0.15) is 98.8 Å². The van der Waals surface area contributed by atoms with Crippen LogP contribution in [0.3, 0.4) is 0 Å². The lowest BCUT2D eigenvalue weighted by Gasteiger charge is -2.45. The van der Waals surface area contributed by atoms with Gasteiger partial charge in [0, 0.05) is 19.6 Å². The van der Waals surface area contributed by atoms with Gasteiger partial charge < -0.3 is 19.3 Å². The molecule has 0 aromatic heterocycles. The Kier molecular flexibility index (Phi) is 7.95. The molecule has 0 aromatic carbocycles. The lowest BCUT2D eigenvalue weighted by Crippen LogP contribution is -2.37. The van der Waals surface area contributed by atoms with Crippen molar-refractivity contribution in [3.05, 3.63) is 11.6 Å². The molecule has 4 saturated carbocycles. The summed E-state index contributed by atoms with van der Waals surface area (Å²) in [5, 5.41) is 10.2. The van der Waals surface area contributed by atoms with E-state index < -0.39 is 0 Å². The summed E-state index contributed by atoms with van der Waals surface area (Å²) in [6.07, 6.45) is 14.9. The zero-order chi connectivity index (χ0) is 24.7. The molecule has 0 heterocycles. The van der Waals surface area contributed by atoms with Crippen molar-refractivity contribution in [3.8, 4) is 0 Å². The van der Waals surface area contributed by atoms with Crippen LogP contribution < -0.4 is 0 Å². The molecule has 0 amide bonds. The van der Waals surface area contributed by atoms with Crippen molar-refractivity contribution < 1.29 is 19.3 Å². The van der Waals surface area contributed by atoms with E-state index in [4.69, 9.17) is 14.2 Å². The monoisotopic (exact) mass is 476 g/mol. The summed E-state index contributed by atoms with van der Waals surface area (Å²) in [5.41, 5.74) is 2.18. The average molecular weight is 477 g/mol. The molecule has 4 aliphatic carbocycles.